The molecule has 2 heterocycles. The van der Waals surface area contributed by atoms with Crippen LogP contribution in [0.4, 0.5) is 13.2 Å². The van der Waals surface area contributed by atoms with Crippen molar-refractivity contribution in [3.8, 4) is 0 Å². The van der Waals surface area contributed by atoms with E-state index in [4.69, 9.17) is 9.47 Å². The summed E-state index contributed by atoms with van der Waals surface area (Å²) in [6, 6.07) is -0.279. The first kappa shape index (κ1) is 17.5. The fourth-order valence-corrected chi connectivity index (χ4v) is 3.30. The van der Waals surface area contributed by atoms with E-state index >= 15 is 0 Å². The van der Waals surface area contributed by atoms with E-state index in [1.54, 1.807) is 0 Å². The van der Waals surface area contributed by atoms with E-state index in [9.17, 15) is 18.0 Å². The van der Waals surface area contributed by atoms with Crippen LogP contribution >= 0.6 is 0 Å². The van der Waals surface area contributed by atoms with E-state index < -0.39 is 24.7 Å². The molecule has 4 atom stereocenters. The van der Waals surface area contributed by atoms with Crippen molar-refractivity contribution in [1.82, 2.24) is 10.0 Å². The van der Waals surface area contributed by atoms with Crippen LogP contribution < -0.4 is 0 Å². The van der Waals surface area contributed by atoms with Crippen LogP contribution in [0.25, 0.3) is 0 Å². The Kier molecular flexibility index (Phi) is 5.34. The maximum atomic E-state index is 12.5. The number of nitrogens with zero attached hydrogens (tertiary/aromatic N) is 2. The number of hydrazine groups is 1. The zero-order valence-corrected chi connectivity index (χ0v) is 13.1. The van der Waals surface area contributed by atoms with Gasteiger partial charge in [-0.05, 0) is 33.1 Å². The molecule has 0 aromatic rings. The molecular formula is C14H23F3N2O3. The summed E-state index contributed by atoms with van der Waals surface area (Å²) in [5.74, 6) is -0.273. The molecule has 5 nitrogen and oxygen atoms in total. The average molecular weight is 324 g/mol. The Morgan fingerprint density at radius 1 is 1.23 bits per heavy atom. The van der Waals surface area contributed by atoms with Crippen molar-refractivity contribution in [2.75, 3.05) is 13.9 Å². The van der Waals surface area contributed by atoms with Crippen molar-refractivity contribution in [3.05, 3.63) is 0 Å². The van der Waals surface area contributed by atoms with Crippen molar-refractivity contribution in [2.24, 2.45) is 0 Å². The Balaban J connectivity index is 2.07. The largest absolute Gasteiger partial charge is 0.389 e. The molecule has 0 unspecified atom stereocenters. The number of carbonyl (C=O) groups is 1. The molecule has 128 valence electrons. The lowest BCUT2D eigenvalue weighted by Gasteiger charge is -2.53. The zero-order chi connectivity index (χ0) is 16.5. The highest BCUT2D eigenvalue weighted by Crippen LogP contribution is 2.37. The van der Waals surface area contributed by atoms with Gasteiger partial charge in [0.05, 0.1) is 6.04 Å². The highest BCUT2D eigenvalue weighted by Gasteiger charge is 2.54. The van der Waals surface area contributed by atoms with Crippen LogP contribution in [-0.4, -0.2) is 60.2 Å². The van der Waals surface area contributed by atoms with E-state index in [0.29, 0.717) is 0 Å². The van der Waals surface area contributed by atoms with Gasteiger partial charge < -0.3 is 9.47 Å². The van der Waals surface area contributed by atoms with Crippen molar-refractivity contribution < 1.29 is 27.4 Å². The highest BCUT2D eigenvalue weighted by atomic mass is 19.4. The fraction of sp³-hybridized carbons (Fsp3) is 0.929. The number of hydrogen-bond acceptors (Lipinski definition) is 4. The van der Waals surface area contributed by atoms with Crippen LogP contribution in [0, 0.1) is 0 Å². The predicted octanol–water partition coefficient (Wildman–Crippen LogP) is 2.32. The van der Waals surface area contributed by atoms with Gasteiger partial charge in [0.15, 0.2) is 6.10 Å². The standard InChI is InChI=1S/C14H23F3N2O3/c1-9-4-5-10(2)18(9)19-11(6-7-14(15,16)17)12(13(19)20)22-8-21-3/h9-12H,4-8H2,1-3H3/t9-,10-,11+,12-/m1/s1. The van der Waals surface area contributed by atoms with Gasteiger partial charge in [-0.3, -0.25) is 9.80 Å². The van der Waals surface area contributed by atoms with Gasteiger partial charge in [0, 0.05) is 25.6 Å². The first-order valence-corrected chi connectivity index (χ1v) is 7.55. The number of ether oxygens (including phenoxy) is 2. The van der Waals surface area contributed by atoms with E-state index in [1.165, 1.54) is 12.1 Å². The number of rotatable bonds is 6. The van der Waals surface area contributed by atoms with Crippen LogP contribution in [0.1, 0.15) is 39.5 Å². The van der Waals surface area contributed by atoms with Gasteiger partial charge in [-0.25, -0.2) is 5.01 Å². The summed E-state index contributed by atoms with van der Waals surface area (Å²) in [6.07, 6.45) is -4.30. The molecule has 22 heavy (non-hydrogen) atoms. The summed E-state index contributed by atoms with van der Waals surface area (Å²) in [6.45, 7) is 3.87. The molecule has 2 aliphatic heterocycles. The summed E-state index contributed by atoms with van der Waals surface area (Å²) in [4.78, 5) is 12.3. The molecule has 2 rings (SSSR count). The molecule has 0 spiro atoms. The first-order valence-electron chi connectivity index (χ1n) is 7.55. The van der Waals surface area contributed by atoms with Gasteiger partial charge in [0.2, 0.25) is 0 Å². The number of methoxy groups -OCH3 is 1. The van der Waals surface area contributed by atoms with E-state index in [0.717, 1.165) is 12.8 Å². The van der Waals surface area contributed by atoms with Crippen LogP contribution in [0.15, 0.2) is 0 Å². The Bertz CT molecular complexity index is 395. The number of β-lactam (4-membered cyclic amide) rings is 1. The Morgan fingerprint density at radius 2 is 1.82 bits per heavy atom. The molecule has 0 aromatic heterocycles. The molecule has 2 aliphatic rings. The Labute approximate surface area is 128 Å². The SMILES string of the molecule is COCO[C@H]1C(=O)N(N2[C@H](C)CC[C@H]2C)[C@H]1CCC(F)(F)F. The molecule has 0 aliphatic carbocycles. The summed E-state index contributed by atoms with van der Waals surface area (Å²) in [5.41, 5.74) is 0. The molecule has 1 amide bonds. The lowest BCUT2D eigenvalue weighted by molar-refractivity contribution is -0.234. The molecule has 2 fully saturated rings. The summed E-state index contributed by atoms with van der Waals surface area (Å²) in [7, 11) is 1.41. The number of amides is 1. The minimum absolute atomic E-state index is 0.0993. The van der Waals surface area contributed by atoms with Crippen molar-refractivity contribution in [1.29, 1.82) is 0 Å². The summed E-state index contributed by atoms with van der Waals surface area (Å²) >= 11 is 0. The number of alkyl halides is 3. The Morgan fingerprint density at radius 3 is 2.32 bits per heavy atom. The molecule has 2 saturated heterocycles. The topological polar surface area (TPSA) is 42.0 Å². The maximum Gasteiger partial charge on any atom is 0.389 e. The van der Waals surface area contributed by atoms with Crippen LogP contribution in [-0.2, 0) is 14.3 Å². The predicted molar refractivity (Wildman–Crippen MR) is 72.7 cm³/mol. The van der Waals surface area contributed by atoms with Crippen molar-refractivity contribution >= 4 is 5.91 Å². The first-order chi connectivity index (χ1) is 10.3. The summed E-state index contributed by atoms with van der Waals surface area (Å²) in [5, 5.41) is 3.39. The second-order valence-electron chi connectivity index (χ2n) is 6.05. The van der Waals surface area contributed by atoms with Gasteiger partial charge in [-0.1, -0.05) is 0 Å². The van der Waals surface area contributed by atoms with E-state index in [-0.39, 0.29) is 31.2 Å². The van der Waals surface area contributed by atoms with Gasteiger partial charge in [-0.2, -0.15) is 13.2 Å². The van der Waals surface area contributed by atoms with Gasteiger partial charge >= 0.3 is 6.18 Å². The molecule has 8 heteroatoms. The molecule has 0 aromatic carbocycles. The van der Waals surface area contributed by atoms with Gasteiger partial charge in [-0.15, -0.1) is 0 Å². The fourth-order valence-electron chi connectivity index (χ4n) is 3.30. The average Bonchev–Trinajstić information content (AvgIpc) is 2.74. The normalized spacial score (nSPS) is 33.4. The van der Waals surface area contributed by atoms with Crippen molar-refractivity contribution in [2.45, 2.75) is 69.9 Å². The lowest BCUT2D eigenvalue weighted by atomic mass is 9.95. The van der Waals surface area contributed by atoms with E-state index in [2.05, 4.69) is 0 Å². The molecule has 0 bridgehead atoms. The number of halogens is 3. The monoisotopic (exact) mass is 324 g/mol. The molecule has 0 saturated carbocycles. The highest BCUT2D eigenvalue weighted by molar-refractivity contribution is 5.88. The van der Waals surface area contributed by atoms with E-state index in [1.807, 2.05) is 18.9 Å². The molecule has 0 N–H and O–H groups in total. The number of carbonyl (C=O) groups excluding carboxylic acids is 1. The van der Waals surface area contributed by atoms with Crippen LogP contribution in [0.5, 0.6) is 0 Å². The van der Waals surface area contributed by atoms with Crippen LogP contribution in [0.3, 0.4) is 0 Å². The third-order valence-electron chi connectivity index (χ3n) is 4.38. The molecule has 0 radical (unpaired) electrons. The summed E-state index contributed by atoms with van der Waals surface area (Å²) < 4.78 is 47.6. The molecular weight excluding hydrogens is 301 g/mol. The zero-order valence-electron chi connectivity index (χ0n) is 13.1. The van der Waals surface area contributed by atoms with Gasteiger partial charge in [0.1, 0.15) is 6.79 Å². The Hall–Kier alpha value is -0.860. The smallest absolute Gasteiger partial charge is 0.359 e. The van der Waals surface area contributed by atoms with Crippen molar-refractivity contribution in [3.63, 3.8) is 0 Å². The third-order valence-corrected chi connectivity index (χ3v) is 4.38. The van der Waals surface area contributed by atoms with Gasteiger partial charge in [0.25, 0.3) is 5.91 Å². The quantitative estimate of drug-likeness (QED) is 0.555. The second kappa shape index (κ2) is 6.72. The third kappa shape index (κ3) is 3.55. The number of hydrogen-bond donors (Lipinski definition) is 0. The maximum absolute atomic E-state index is 12.5. The second-order valence-corrected chi connectivity index (χ2v) is 6.05. The lowest BCUT2D eigenvalue weighted by Crippen LogP contribution is -2.72. The van der Waals surface area contributed by atoms with Crippen LogP contribution in [0.2, 0.25) is 0 Å². The minimum Gasteiger partial charge on any atom is -0.359 e. The minimum atomic E-state index is -4.24.